The van der Waals surface area contributed by atoms with Gasteiger partial charge in [0.2, 0.25) is 0 Å². The molecule has 1 spiro atoms. The molecular formula is C22H28N2O6. The molecule has 1 aliphatic heterocycles. The topological polar surface area (TPSA) is 102 Å². The lowest BCUT2D eigenvalue weighted by atomic mass is 9.64. The van der Waals surface area contributed by atoms with Crippen molar-refractivity contribution in [3.63, 3.8) is 0 Å². The summed E-state index contributed by atoms with van der Waals surface area (Å²) in [6, 6.07) is 5.88. The van der Waals surface area contributed by atoms with Crippen molar-refractivity contribution < 1.29 is 28.7 Å². The zero-order valence-electron chi connectivity index (χ0n) is 17.8. The summed E-state index contributed by atoms with van der Waals surface area (Å²) >= 11 is 0. The molecule has 1 saturated carbocycles. The van der Waals surface area contributed by atoms with Gasteiger partial charge in [-0.3, -0.25) is 14.5 Å². The van der Waals surface area contributed by atoms with E-state index in [2.05, 4.69) is 30.8 Å². The molecule has 0 aromatic heterocycles. The van der Waals surface area contributed by atoms with Gasteiger partial charge in [-0.25, -0.2) is 9.59 Å². The van der Waals surface area contributed by atoms with Crippen molar-refractivity contribution in [3.8, 4) is 0 Å². The molecule has 0 bridgehead atoms. The maximum absolute atomic E-state index is 13.1. The van der Waals surface area contributed by atoms with E-state index >= 15 is 0 Å². The normalized spacial score (nSPS) is 25.2. The molecule has 1 saturated heterocycles. The number of ether oxygens (including phenoxy) is 2. The standard InChI is InChI=1S/C22H28N2O6/c1-14-9-21(2,3)13-22(10-14)19(27)24(20(28)23-22)11-17(25)30-12-15-5-7-16(8-6-15)18(26)29-4/h5-8,14H,9-13H2,1-4H3,(H,23,28)/t14-,22+/m1/s1. The molecule has 3 rings (SSSR count). The molecule has 30 heavy (non-hydrogen) atoms. The molecule has 8 heteroatoms. The van der Waals surface area contributed by atoms with E-state index in [-0.39, 0.29) is 23.8 Å². The minimum absolute atomic E-state index is 0.0286. The van der Waals surface area contributed by atoms with Crippen molar-refractivity contribution in [2.75, 3.05) is 13.7 Å². The summed E-state index contributed by atoms with van der Waals surface area (Å²) in [5.74, 6) is -1.19. The van der Waals surface area contributed by atoms with Crippen LogP contribution in [0.1, 0.15) is 56.0 Å². The van der Waals surface area contributed by atoms with Crippen molar-refractivity contribution in [2.24, 2.45) is 11.3 Å². The van der Waals surface area contributed by atoms with Gasteiger partial charge in [0.15, 0.2) is 0 Å². The van der Waals surface area contributed by atoms with E-state index in [1.165, 1.54) is 7.11 Å². The quantitative estimate of drug-likeness (QED) is 0.585. The third-order valence-corrected chi connectivity index (χ3v) is 5.69. The van der Waals surface area contributed by atoms with Gasteiger partial charge in [-0.05, 0) is 48.3 Å². The number of hydrogen-bond donors (Lipinski definition) is 1. The lowest BCUT2D eigenvalue weighted by molar-refractivity contribution is -0.149. The van der Waals surface area contributed by atoms with Crippen LogP contribution in [0.25, 0.3) is 0 Å². The molecule has 0 unspecified atom stereocenters. The second kappa shape index (κ2) is 8.08. The van der Waals surface area contributed by atoms with Crippen LogP contribution in [0.15, 0.2) is 24.3 Å². The smallest absolute Gasteiger partial charge is 0.337 e. The first-order valence-corrected chi connectivity index (χ1v) is 10.0. The second-order valence-electron chi connectivity index (χ2n) is 9.11. The van der Waals surface area contributed by atoms with Gasteiger partial charge >= 0.3 is 18.0 Å². The third kappa shape index (κ3) is 4.47. The summed E-state index contributed by atoms with van der Waals surface area (Å²) in [5, 5.41) is 2.84. The fraction of sp³-hybridized carbons (Fsp3) is 0.545. The lowest BCUT2D eigenvalue weighted by Gasteiger charge is -2.43. The van der Waals surface area contributed by atoms with Gasteiger partial charge in [-0.2, -0.15) is 0 Å². The fourth-order valence-electron chi connectivity index (χ4n) is 4.84. The van der Waals surface area contributed by atoms with Crippen molar-refractivity contribution in [1.29, 1.82) is 0 Å². The van der Waals surface area contributed by atoms with Crippen LogP contribution in [0.4, 0.5) is 4.79 Å². The number of imide groups is 1. The molecule has 162 valence electrons. The summed E-state index contributed by atoms with van der Waals surface area (Å²) in [4.78, 5) is 50.2. The van der Waals surface area contributed by atoms with Crippen LogP contribution in [0.3, 0.4) is 0 Å². The molecule has 2 fully saturated rings. The zero-order chi connectivity index (χ0) is 22.1. The lowest BCUT2D eigenvalue weighted by Crippen LogP contribution is -2.54. The number of nitrogens with one attached hydrogen (secondary N) is 1. The molecule has 1 N–H and O–H groups in total. The van der Waals surface area contributed by atoms with Crippen LogP contribution < -0.4 is 5.32 Å². The molecule has 1 heterocycles. The van der Waals surface area contributed by atoms with Crippen LogP contribution in [-0.2, 0) is 25.7 Å². The van der Waals surface area contributed by atoms with Crippen molar-refractivity contribution in [2.45, 2.75) is 52.2 Å². The van der Waals surface area contributed by atoms with Gasteiger partial charge in [-0.15, -0.1) is 0 Å². The van der Waals surface area contributed by atoms with E-state index in [9.17, 15) is 19.2 Å². The predicted molar refractivity (Wildman–Crippen MR) is 107 cm³/mol. The van der Waals surface area contributed by atoms with Gasteiger partial charge in [0.1, 0.15) is 18.7 Å². The van der Waals surface area contributed by atoms with Gasteiger partial charge in [0, 0.05) is 0 Å². The van der Waals surface area contributed by atoms with E-state index < -0.39 is 30.1 Å². The minimum Gasteiger partial charge on any atom is -0.465 e. The monoisotopic (exact) mass is 416 g/mol. The molecule has 2 aliphatic rings. The van der Waals surface area contributed by atoms with Crippen LogP contribution in [0.2, 0.25) is 0 Å². The number of methoxy groups -OCH3 is 1. The number of hydrogen-bond acceptors (Lipinski definition) is 6. The van der Waals surface area contributed by atoms with Crippen molar-refractivity contribution in [3.05, 3.63) is 35.4 Å². The molecule has 0 radical (unpaired) electrons. The molecule has 2 atom stereocenters. The van der Waals surface area contributed by atoms with E-state index in [4.69, 9.17) is 4.74 Å². The Morgan fingerprint density at radius 3 is 2.43 bits per heavy atom. The second-order valence-corrected chi connectivity index (χ2v) is 9.11. The summed E-state index contributed by atoms with van der Waals surface area (Å²) in [7, 11) is 1.30. The Balaban J connectivity index is 1.59. The Morgan fingerprint density at radius 2 is 1.83 bits per heavy atom. The largest absolute Gasteiger partial charge is 0.465 e. The Morgan fingerprint density at radius 1 is 1.17 bits per heavy atom. The number of nitrogens with zero attached hydrogens (tertiary/aromatic N) is 1. The highest BCUT2D eigenvalue weighted by Crippen LogP contribution is 2.46. The number of carbonyl (C=O) groups is 4. The number of amides is 3. The van der Waals surface area contributed by atoms with E-state index in [0.29, 0.717) is 24.0 Å². The summed E-state index contributed by atoms with van der Waals surface area (Å²) < 4.78 is 9.86. The number of benzene rings is 1. The van der Waals surface area contributed by atoms with Crippen LogP contribution in [0.5, 0.6) is 0 Å². The molecule has 1 aromatic rings. The third-order valence-electron chi connectivity index (χ3n) is 5.69. The van der Waals surface area contributed by atoms with E-state index in [0.717, 1.165) is 11.3 Å². The Bertz CT molecular complexity index is 863. The first kappa shape index (κ1) is 21.8. The first-order valence-electron chi connectivity index (χ1n) is 10.0. The Kier molecular flexibility index (Phi) is 5.87. The average Bonchev–Trinajstić information content (AvgIpc) is 2.87. The maximum atomic E-state index is 13.1. The maximum Gasteiger partial charge on any atom is 0.337 e. The van der Waals surface area contributed by atoms with Gasteiger partial charge in [-0.1, -0.05) is 32.9 Å². The van der Waals surface area contributed by atoms with Crippen LogP contribution >= 0.6 is 0 Å². The molecule has 1 aliphatic carbocycles. The Hall–Kier alpha value is -2.90. The molecule has 8 nitrogen and oxygen atoms in total. The number of rotatable bonds is 5. The highest BCUT2D eigenvalue weighted by Gasteiger charge is 2.56. The molecule has 3 amide bonds. The average molecular weight is 416 g/mol. The van der Waals surface area contributed by atoms with Gasteiger partial charge < -0.3 is 14.8 Å². The minimum atomic E-state index is -0.942. The van der Waals surface area contributed by atoms with E-state index in [1.54, 1.807) is 24.3 Å². The molecule has 1 aromatic carbocycles. The highest BCUT2D eigenvalue weighted by molar-refractivity contribution is 6.08. The van der Waals surface area contributed by atoms with Crippen molar-refractivity contribution in [1.82, 2.24) is 10.2 Å². The zero-order valence-corrected chi connectivity index (χ0v) is 17.8. The Labute approximate surface area is 175 Å². The SMILES string of the molecule is COC(=O)c1ccc(COC(=O)CN2C(=O)N[C@]3(C[C@H](C)CC(C)(C)C3)C2=O)cc1. The number of urea groups is 1. The van der Waals surface area contributed by atoms with Gasteiger partial charge in [0.05, 0.1) is 12.7 Å². The first-order chi connectivity index (χ1) is 14.0. The van der Waals surface area contributed by atoms with Gasteiger partial charge in [0.25, 0.3) is 5.91 Å². The summed E-state index contributed by atoms with van der Waals surface area (Å²) in [6.45, 7) is 5.80. The fourth-order valence-corrected chi connectivity index (χ4v) is 4.84. The molecular weight excluding hydrogens is 388 g/mol. The summed E-state index contributed by atoms with van der Waals surface area (Å²) in [6.07, 6.45) is 2.10. The predicted octanol–water partition coefficient (Wildman–Crippen LogP) is 2.65. The van der Waals surface area contributed by atoms with Crippen LogP contribution in [0, 0.1) is 11.3 Å². The summed E-state index contributed by atoms with van der Waals surface area (Å²) in [5.41, 5.74) is 0.0461. The number of esters is 2. The van der Waals surface area contributed by atoms with Crippen LogP contribution in [-0.4, -0.2) is 48.0 Å². The van der Waals surface area contributed by atoms with Crippen molar-refractivity contribution >= 4 is 23.9 Å². The highest BCUT2D eigenvalue weighted by atomic mass is 16.5. The van der Waals surface area contributed by atoms with E-state index in [1.807, 2.05) is 0 Å². The number of carbonyl (C=O) groups excluding carboxylic acids is 4.